The first-order valence-corrected chi connectivity index (χ1v) is 13.7. The van der Waals surface area contributed by atoms with Gasteiger partial charge in [-0.05, 0) is 44.6 Å². The standard InChI is InChI=1S/C30H43N3O8/c1-8-17-39-27(37)22-15-12-16-33(22)26(36)24(29(2,3)4)32-25(35)21(18-23(34)41-30(5,6)7)31-28(38)40-19-20-13-10-9-11-14-20/h8-11,13-14,21-22,24H,1,12,15-19H2,2-7H3,(H,31,38)(H,32,35)/t21-,22+,24-/m0/s1. The number of nitrogens with one attached hydrogen (secondary N) is 2. The van der Waals surface area contributed by atoms with Gasteiger partial charge in [0.15, 0.2) is 0 Å². The molecule has 0 radical (unpaired) electrons. The van der Waals surface area contributed by atoms with Gasteiger partial charge in [-0.3, -0.25) is 14.4 Å². The van der Waals surface area contributed by atoms with Gasteiger partial charge in [-0.25, -0.2) is 9.59 Å². The lowest BCUT2D eigenvalue weighted by molar-refractivity contribution is -0.157. The second-order valence-electron chi connectivity index (χ2n) is 12.0. The Bertz CT molecular complexity index is 1090. The molecule has 0 bridgehead atoms. The molecule has 2 N–H and O–H groups in total. The van der Waals surface area contributed by atoms with Crippen LogP contribution in [0.1, 0.15) is 66.4 Å². The number of esters is 2. The van der Waals surface area contributed by atoms with Crippen LogP contribution in [0.15, 0.2) is 43.0 Å². The number of hydrogen-bond acceptors (Lipinski definition) is 8. The van der Waals surface area contributed by atoms with E-state index in [1.807, 2.05) is 6.07 Å². The van der Waals surface area contributed by atoms with Crippen molar-refractivity contribution in [1.29, 1.82) is 0 Å². The van der Waals surface area contributed by atoms with Crippen molar-refractivity contribution in [2.75, 3.05) is 13.2 Å². The van der Waals surface area contributed by atoms with Crippen LogP contribution in [-0.2, 0) is 40.0 Å². The Labute approximate surface area is 242 Å². The monoisotopic (exact) mass is 573 g/mol. The highest BCUT2D eigenvalue weighted by Gasteiger charge is 2.43. The fourth-order valence-corrected chi connectivity index (χ4v) is 4.24. The van der Waals surface area contributed by atoms with Crippen molar-refractivity contribution in [3.05, 3.63) is 48.6 Å². The van der Waals surface area contributed by atoms with E-state index in [1.54, 1.807) is 65.8 Å². The highest BCUT2D eigenvalue weighted by molar-refractivity contribution is 5.95. The summed E-state index contributed by atoms with van der Waals surface area (Å²) in [6, 6.07) is 5.71. The van der Waals surface area contributed by atoms with Gasteiger partial charge in [-0.1, -0.05) is 63.8 Å². The quantitative estimate of drug-likeness (QED) is 0.234. The van der Waals surface area contributed by atoms with Gasteiger partial charge in [0.25, 0.3) is 0 Å². The van der Waals surface area contributed by atoms with E-state index in [4.69, 9.17) is 14.2 Å². The molecule has 0 saturated carbocycles. The fraction of sp³-hybridized carbons (Fsp3) is 0.567. The average Bonchev–Trinajstić information content (AvgIpc) is 3.37. The predicted octanol–water partition coefficient (Wildman–Crippen LogP) is 3.26. The van der Waals surface area contributed by atoms with Crippen LogP contribution < -0.4 is 10.6 Å². The lowest BCUT2D eigenvalue weighted by Crippen LogP contribution is -2.60. The molecule has 1 aromatic carbocycles. The molecule has 0 aliphatic carbocycles. The van der Waals surface area contributed by atoms with Crippen molar-refractivity contribution in [2.24, 2.45) is 5.41 Å². The third kappa shape index (κ3) is 10.9. The highest BCUT2D eigenvalue weighted by atomic mass is 16.6. The van der Waals surface area contributed by atoms with Crippen molar-refractivity contribution < 1.29 is 38.2 Å². The van der Waals surface area contributed by atoms with Crippen LogP contribution in [-0.4, -0.2) is 71.6 Å². The summed E-state index contributed by atoms with van der Waals surface area (Å²) in [5.74, 6) is -2.50. The van der Waals surface area contributed by atoms with Crippen LogP contribution >= 0.6 is 0 Å². The van der Waals surface area contributed by atoms with Crippen molar-refractivity contribution in [1.82, 2.24) is 15.5 Å². The predicted molar refractivity (Wildman–Crippen MR) is 151 cm³/mol. The molecule has 1 aliphatic rings. The Hall–Kier alpha value is -3.89. The molecule has 1 aromatic rings. The van der Waals surface area contributed by atoms with Gasteiger partial charge in [0.2, 0.25) is 11.8 Å². The summed E-state index contributed by atoms with van der Waals surface area (Å²) in [5.41, 5.74) is -0.864. The minimum Gasteiger partial charge on any atom is -0.460 e. The fourth-order valence-electron chi connectivity index (χ4n) is 4.24. The van der Waals surface area contributed by atoms with Crippen LogP contribution in [0.2, 0.25) is 0 Å². The number of ether oxygens (including phenoxy) is 3. The van der Waals surface area contributed by atoms with E-state index >= 15 is 0 Å². The van der Waals surface area contributed by atoms with Gasteiger partial charge in [-0.2, -0.15) is 0 Å². The number of nitrogens with zero attached hydrogens (tertiary/aromatic N) is 1. The molecule has 1 heterocycles. The molecule has 226 valence electrons. The first-order chi connectivity index (χ1) is 19.1. The molecule has 2 rings (SSSR count). The Morgan fingerprint density at radius 2 is 1.68 bits per heavy atom. The van der Waals surface area contributed by atoms with E-state index in [0.717, 1.165) is 5.56 Å². The van der Waals surface area contributed by atoms with E-state index in [0.29, 0.717) is 19.4 Å². The Kier molecular flexibility index (Phi) is 11.9. The van der Waals surface area contributed by atoms with E-state index in [-0.39, 0.29) is 13.2 Å². The van der Waals surface area contributed by atoms with Crippen molar-refractivity contribution in [3.8, 4) is 0 Å². The smallest absolute Gasteiger partial charge is 0.408 e. The summed E-state index contributed by atoms with van der Waals surface area (Å²) in [7, 11) is 0. The summed E-state index contributed by atoms with van der Waals surface area (Å²) in [6.45, 7) is 14.2. The number of alkyl carbamates (subject to hydrolysis) is 1. The largest absolute Gasteiger partial charge is 0.460 e. The molecule has 1 aliphatic heterocycles. The summed E-state index contributed by atoms with van der Waals surface area (Å²) >= 11 is 0. The van der Waals surface area contributed by atoms with E-state index in [2.05, 4.69) is 17.2 Å². The van der Waals surface area contributed by atoms with Crippen LogP contribution in [0.4, 0.5) is 4.79 Å². The normalized spacial score (nSPS) is 16.6. The molecular weight excluding hydrogens is 530 g/mol. The summed E-state index contributed by atoms with van der Waals surface area (Å²) < 4.78 is 15.8. The summed E-state index contributed by atoms with van der Waals surface area (Å²) in [4.78, 5) is 66.5. The van der Waals surface area contributed by atoms with Gasteiger partial charge in [0, 0.05) is 6.54 Å². The zero-order valence-corrected chi connectivity index (χ0v) is 24.9. The highest BCUT2D eigenvalue weighted by Crippen LogP contribution is 2.26. The van der Waals surface area contributed by atoms with Crippen LogP contribution in [0.25, 0.3) is 0 Å². The van der Waals surface area contributed by atoms with Gasteiger partial charge in [-0.15, -0.1) is 0 Å². The number of benzene rings is 1. The molecular formula is C30H43N3O8. The third-order valence-corrected chi connectivity index (χ3v) is 6.16. The number of amides is 3. The molecule has 1 saturated heterocycles. The molecule has 3 amide bonds. The molecule has 11 heteroatoms. The zero-order chi connectivity index (χ0) is 30.8. The van der Waals surface area contributed by atoms with E-state index < -0.39 is 65.4 Å². The van der Waals surface area contributed by atoms with Gasteiger partial charge in [0.1, 0.15) is 36.9 Å². The molecule has 0 aromatic heterocycles. The van der Waals surface area contributed by atoms with Crippen molar-refractivity contribution in [3.63, 3.8) is 0 Å². The zero-order valence-electron chi connectivity index (χ0n) is 24.9. The molecule has 11 nitrogen and oxygen atoms in total. The van der Waals surface area contributed by atoms with Crippen LogP contribution in [0, 0.1) is 5.41 Å². The van der Waals surface area contributed by atoms with Crippen molar-refractivity contribution in [2.45, 2.75) is 91.1 Å². The second kappa shape index (κ2) is 14.7. The maximum Gasteiger partial charge on any atom is 0.408 e. The Morgan fingerprint density at radius 1 is 1.02 bits per heavy atom. The van der Waals surface area contributed by atoms with Gasteiger partial charge >= 0.3 is 18.0 Å². The summed E-state index contributed by atoms with van der Waals surface area (Å²) in [6.07, 6.45) is 1.07. The lowest BCUT2D eigenvalue weighted by atomic mass is 9.85. The second-order valence-corrected chi connectivity index (χ2v) is 12.0. The molecule has 41 heavy (non-hydrogen) atoms. The maximum atomic E-state index is 13.7. The maximum absolute atomic E-state index is 13.7. The number of carbonyl (C=O) groups is 5. The number of rotatable bonds is 11. The number of hydrogen-bond donors (Lipinski definition) is 2. The minimum absolute atomic E-state index is 0.0230. The Morgan fingerprint density at radius 3 is 2.27 bits per heavy atom. The molecule has 1 fully saturated rings. The third-order valence-electron chi connectivity index (χ3n) is 6.16. The SMILES string of the molecule is C=CCOC(=O)[C@H]1CCCN1C(=O)[C@H](NC(=O)[C@H](CC(=O)OC(C)(C)C)NC(=O)OCc1ccccc1)C(C)(C)C. The summed E-state index contributed by atoms with van der Waals surface area (Å²) in [5, 5.41) is 5.14. The molecule has 0 unspecified atom stereocenters. The van der Waals surface area contributed by atoms with Crippen LogP contribution in [0.3, 0.4) is 0 Å². The number of likely N-dealkylation sites (tertiary alicyclic amines) is 1. The van der Waals surface area contributed by atoms with E-state index in [9.17, 15) is 24.0 Å². The Balaban J connectivity index is 2.22. The average molecular weight is 574 g/mol. The lowest BCUT2D eigenvalue weighted by Gasteiger charge is -2.36. The number of carbonyl (C=O) groups excluding carboxylic acids is 5. The topological polar surface area (TPSA) is 140 Å². The molecule has 3 atom stereocenters. The van der Waals surface area contributed by atoms with Crippen LogP contribution in [0.5, 0.6) is 0 Å². The first kappa shape index (κ1) is 33.3. The van der Waals surface area contributed by atoms with Crippen molar-refractivity contribution >= 4 is 29.8 Å². The first-order valence-electron chi connectivity index (χ1n) is 13.7. The molecule has 0 spiro atoms. The van der Waals surface area contributed by atoms with Gasteiger partial charge < -0.3 is 29.7 Å². The van der Waals surface area contributed by atoms with E-state index in [1.165, 1.54) is 11.0 Å². The minimum atomic E-state index is -1.39. The van der Waals surface area contributed by atoms with Gasteiger partial charge in [0.05, 0.1) is 6.42 Å².